The fraction of sp³-hybridized carbons (Fsp3) is 0.286. The Morgan fingerprint density at radius 2 is 2.00 bits per heavy atom. The lowest BCUT2D eigenvalue weighted by atomic mass is 10.2. The van der Waals surface area contributed by atoms with Crippen LogP contribution in [0.2, 0.25) is 0 Å². The van der Waals surface area contributed by atoms with Crippen LogP contribution in [0.4, 0.5) is 0 Å². The minimum absolute atomic E-state index is 0.0638. The lowest BCUT2D eigenvalue weighted by Gasteiger charge is -2.09. The van der Waals surface area contributed by atoms with Gasteiger partial charge in [0.05, 0.1) is 11.6 Å². The summed E-state index contributed by atoms with van der Waals surface area (Å²) in [6, 6.07) is 11.4. The van der Waals surface area contributed by atoms with Crippen LogP contribution in [0.25, 0.3) is 10.9 Å². The quantitative estimate of drug-likeness (QED) is 0.752. The van der Waals surface area contributed by atoms with Crippen LogP contribution in [0, 0.1) is 11.3 Å². The van der Waals surface area contributed by atoms with Gasteiger partial charge in [0.25, 0.3) is 0 Å². The lowest BCUT2D eigenvalue weighted by molar-refractivity contribution is 0.628. The number of hydrogen-bond donors (Lipinski definition) is 0. The number of fused-ring (bicyclic) bond motifs is 1. The zero-order valence-corrected chi connectivity index (χ0v) is 9.60. The van der Waals surface area contributed by atoms with E-state index in [2.05, 4.69) is 10.6 Å². The number of aryl methyl sites for hydroxylation is 1. The molecule has 0 saturated carbocycles. The van der Waals surface area contributed by atoms with Crippen molar-refractivity contribution >= 4 is 10.9 Å². The van der Waals surface area contributed by atoms with E-state index in [1.807, 2.05) is 30.5 Å². The van der Waals surface area contributed by atoms with Gasteiger partial charge in [0.2, 0.25) is 0 Å². The smallest absolute Gasteiger partial charge is 0.189 e. The molecular weight excluding hydrogens is 212 g/mol. The second kappa shape index (κ2) is 5.31. The first-order valence-electron chi connectivity index (χ1n) is 5.78. The second-order valence-electron chi connectivity index (χ2n) is 4.01. The van der Waals surface area contributed by atoms with Crippen molar-refractivity contribution < 1.29 is 0 Å². The SMILES string of the molecule is N#CCCCCn1ccc(=O)c2ccccc21. The summed E-state index contributed by atoms with van der Waals surface area (Å²) in [5.74, 6) is 0. The van der Waals surface area contributed by atoms with Gasteiger partial charge in [-0.15, -0.1) is 0 Å². The molecule has 2 rings (SSSR count). The molecular formula is C14H14N2O. The van der Waals surface area contributed by atoms with E-state index in [4.69, 9.17) is 5.26 Å². The summed E-state index contributed by atoms with van der Waals surface area (Å²) in [5, 5.41) is 9.23. The molecule has 1 heterocycles. The highest BCUT2D eigenvalue weighted by atomic mass is 16.1. The van der Waals surface area contributed by atoms with Crippen LogP contribution < -0.4 is 5.43 Å². The molecule has 0 aliphatic rings. The van der Waals surface area contributed by atoms with Crippen LogP contribution in [0.5, 0.6) is 0 Å². The number of aromatic nitrogens is 1. The Morgan fingerprint density at radius 3 is 2.82 bits per heavy atom. The monoisotopic (exact) mass is 226 g/mol. The largest absolute Gasteiger partial charge is 0.347 e. The third kappa shape index (κ3) is 2.54. The average molecular weight is 226 g/mol. The van der Waals surface area contributed by atoms with Crippen molar-refractivity contribution in [1.29, 1.82) is 5.26 Å². The van der Waals surface area contributed by atoms with Gasteiger partial charge >= 0.3 is 0 Å². The molecule has 86 valence electrons. The van der Waals surface area contributed by atoms with Crippen LogP contribution in [-0.4, -0.2) is 4.57 Å². The maximum Gasteiger partial charge on any atom is 0.189 e. The Kier molecular flexibility index (Phi) is 3.56. The number of hydrogen-bond acceptors (Lipinski definition) is 2. The Balaban J connectivity index is 2.26. The van der Waals surface area contributed by atoms with Gasteiger partial charge in [-0.1, -0.05) is 12.1 Å². The highest BCUT2D eigenvalue weighted by Crippen LogP contribution is 2.10. The molecule has 0 aliphatic carbocycles. The normalized spacial score (nSPS) is 10.3. The standard InChI is InChI=1S/C14H14N2O/c15-9-4-1-5-10-16-11-8-14(17)12-6-2-3-7-13(12)16/h2-3,6-8,11H,1,4-5,10H2. The number of benzene rings is 1. The summed E-state index contributed by atoms with van der Waals surface area (Å²) in [5.41, 5.74) is 1.03. The number of rotatable bonds is 4. The fourth-order valence-corrected chi connectivity index (χ4v) is 1.94. The van der Waals surface area contributed by atoms with E-state index < -0.39 is 0 Å². The van der Waals surface area contributed by atoms with E-state index in [-0.39, 0.29) is 5.43 Å². The summed E-state index contributed by atoms with van der Waals surface area (Å²) in [6.07, 6.45) is 4.28. The third-order valence-electron chi connectivity index (χ3n) is 2.82. The molecule has 0 unspecified atom stereocenters. The molecule has 0 aliphatic heterocycles. The van der Waals surface area contributed by atoms with Gasteiger partial charge in [0.1, 0.15) is 0 Å². The molecule has 0 bridgehead atoms. The van der Waals surface area contributed by atoms with Crippen molar-refractivity contribution in [3.63, 3.8) is 0 Å². The maximum absolute atomic E-state index is 11.7. The summed E-state index contributed by atoms with van der Waals surface area (Å²) in [6.45, 7) is 0.850. The van der Waals surface area contributed by atoms with E-state index in [9.17, 15) is 4.79 Å². The molecule has 3 nitrogen and oxygen atoms in total. The Labute approximate surface area is 99.9 Å². The van der Waals surface area contributed by atoms with Crippen molar-refractivity contribution in [2.45, 2.75) is 25.8 Å². The topological polar surface area (TPSA) is 45.8 Å². The van der Waals surface area contributed by atoms with Crippen molar-refractivity contribution in [1.82, 2.24) is 4.57 Å². The zero-order valence-electron chi connectivity index (χ0n) is 9.60. The third-order valence-corrected chi connectivity index (χ3v) is 2.82. The van der Waals surface area contributed by atoms with Crippen LogP contribution in [0.15, 0.2) is 41.3 Å². The van der Waals surface area contributed by atoms with Crippen LogP contribution >= 0.6 is 0 Å². The zero-order chi connectivity index (χ0) is 12.1. The summed E-state index contributed by atoms with van der Waals surface area (Å²) >= 11 is 0. The van der Waals surface area contributed by atoms with Gasteiger partial charge in [0, 0.05) is 30.6 Å². The Bertz CT molecular complexity index is 607. The van der Waals surface area contributed by atoms with Gasteiger partial charge < -0.3 is 4.57 Å². The van der Waals surface area contributed by atoms with Gasteiger partial charge in [-0.2, -0.15) is 5.26 Å². The molecule has 0 fully saturated rings. The van der Waals surface area contributed by atoms with Gasteiger partial charge in [-0.05, 0) is 25.0 Å². The maximum atomic E-state index is 11.7. The summed E-state index contributed by atoms with van der Waals surface area (Å²) in [7, 11) is 0. The lowest BCUT2D eigenvalue weighted by Crippen LogP contribution is -2.07. The molecule has 0 spiro atoms. The average Bonchev–Trinajstić information content (AvgIpc) is 2.37. The number of pyridine rings is 1. The molecule has 0 saturated heterocycles. The van der Waals surface area contributed by atoms with Crippen molar-refractivity contribution in [3.8, 4) is 6.07 Å². The number of unbranched alkanes of at least 4 members (excludes halogenated alkanes) is 2. The van der Waals surface area contributed by atoms with Crippen molar-refractivity contribution in [3.05, 3.63) is 46.8 Å². The molecule has 0 atom stereocenters. The summed E-state index contributed by atoms with van der Waals surface area (Å²) < 4.78 is 2.08. The number of nitriles is 1. The van der Waals surface area contributed by atoms with E-state index in [0.717, 1.165) is 30.3 Å². The van der Waals surface area contributed by atoms with Crippen LogP contribution in [0.1, 0.15) is 19.3 Å². The Hall–Kier alpha value is -2.08. The van der Waals surface area contributed by atoms with Gasteiger partial charge in [0.15, 0.2) is 5.43 Å². The first-order valence-corrected chi connectivity index (χ1v) is 5.78. The molecule has 0 radical (unpaired) electrons. The van der Waals surface area contributed by atoms with E-state index in [0.29, 0.717) is 6.42 Å². The van der Waals surface area contributed by atoms with Gasteiger partial charge in [-0.3, -0.25) is 4.79 Å². The van der Waals surface area contributed by atoms with Gasteiger partial charge in [-0.25, -0.2) is 0 Å². The minimum atomic E-state index is 0.0638. The van der Waals surface area contributed by atoms with Crippen molar-refractivity contribution in [2.24, 2.45) is 0 Å². The predicted octanol–water partition coefficient (Wildman–Crippen LogP) is 2.70. The Morgan fingerprint density at radius 1 is 1.18 bits per heavy atom. The molecule has 2 aromatic rings. The van der Waals surface area contributed by atoms with E-state index >= 15 is 0 Å². The fourth-order valence-electron chi connectivity index (χ4n) is 1.94. The highest BCUT2D eigenvalue weighted by molar-refractivity contribution is 5.78. The summed E-state index contributed by atoms with van der Waals surface area (Å²) in [4.78, 5) is 11.7. The molecule has 17 heavy (non-hydrogen) atoms. The predicted molar refractivity (Wildman–Crippen MR) is 67.7 cm³/mol. The van der Waals surface area contributed by atoms with Crippen LogP contribution in [0.3, 0.4) is 0 Å². The first-order chi connectivity index (χ1) is 8.33. The molecule has 0 amide bonds. The van der Waals surface area contributed by atoms with Crippen molar-refractivity contribution in [2.75, 3.05) is 0 Å². The first kappa shape index (κ1) is 11.4. The second-order valence-corrected chi connectivity index (χ2v) is 4.01. The van der Waals surface area contributed by atoms with E-state index in [1.54, 1.807) is 6.07 Å². The highest BCUT2D eigenvalue weighted by Gasteiger charge is 2.01. The molecule has 1 aromatic heterocycles. The molecule has 3 heteroatoms. The number of para-hydroxylation sites is 1. The van der Waals surface area contributed by atoms with Crippen LogP contribution in [-0.2, 0) is 6.54 Å². The minimum Gasteiger partial charge on any atom is -0.347 e. The van der Waals surface area contributed by atoms with E-state index in [1.165, 1.54) is 0 Å². The molecule has 1 aromatic carbocycles. The molecule has 0 N–H and O–H groups in total. The number of nitrogens with zero attached hydrogens (tertiary/aromatic N) is 2.